The molecule has 0 bridgehead atoms. The second-order valence-electron chi connectivity index (χ2n) is 8.48. The summed E-state index contributed by atoms with van der Waals surface area (Å²) < 4.78 is 12.5. The second kappa shape index (κ2) is 8.73. The molecule has 1 N–H and O–H groups in total. The topological polar surface area (TPSA) is 94.4 Å². The number of anilines is 2. The first-order valence-electron chi connectivity index (χ1n) is 11.3. The van der Waals surface area contributed by atoms with Crippen LogP contribution in [0.5, 0.6) is 11.5 Å². The standard InChI is InChI=1S/C24H28N6O3/c1-15-23-17(16-7-8-18(32-2)19(13-16)33-3)14-22(31)25-24(23)30(28-15)21-10-9-20(26-27-21)29-11-5-4-6-12-29/h7-10,13,17H,4-6,11-12,14H2,1-3H3,(H,25,31)/t17-/m1/s1. The van der Waals surface area contributed by atoms with Gasteiger partial charge in [-0.2, -0.15) is 9.78 Å². The number of nitrogens with zero attached hydrogens (tertiary/aromatic N) is 5. The quantitative estimate of drug-likeness (QED) is 0.639. The smallest absolute Gasteiger partial charge is 0.226 e. The summed E-state index contributed by atoms with van der Waals surface area (Å²) in [6, 6.07) is 9.66. The van der Waals surface area contributed by atoms with E-state index in [1.165, 1.54) is 19.3 Å². The SMILES string of the molecule is COc1ccc([C@H]2CC(=O)Nc3c2c(C)nn3-c2ccc(N3CCCCC3)nn2)cc1OC. The molecule has 4 heterocycles. The van der Waals surface area contributed by atoms with Crippen LogP contribution < -0.4 is 19.7 Å². The largest absolute Gasteiger partial charge is 0.493 e. The van der Waals surface area contributed by atoms with Gasteiger partial charge in [-0.1, -0.05) is 6.07 Å². The summed E-state index contributed by atoms with van der Waals surface area (Å²) in [6.07, 6.45) is 3.95. The Hall–Kier alpha value is -3.62. The Morgan fingerprint density at radius 3 is 2.39 bits per heavy atom. The first-order chi connectivity index (χ1) is 16.1. The molecular formula is C24H28N6O3. The van der Waals surface area contributed by atoms with E-state index in [0.717, 1.165) is 35.7 Å². The zero-order valence-corrected chi connectivity index (χ0v) is 19.2. The van der Waals surface area contributed by atoms with Crippen LogP contribution in [0.15, 0.2) is 30.3 Å². The minimum Gasteiger partial charge on any atom is -0.493 e. The number of carbonyl (C=O) groups is 1. The van der Waals surface area contributed by atoms with Gasteiger partial charge in [-0.25, -0.2) is 0 Å². The van der Waals surface area contributed by atoms with Crippen LogP contribution in [0.2, 0.25) is 0 Å². The molecule has 0 saturated carbocycles. The summed E-state index contributed by atoms with van der Waals surface area (Å²) in [4.78, 5) is 15.0. The van der Waals surface area contributed by atoms with Crippen molar-refractivity contribution in [2.24, 2.45) is 0 Å². The first kappa shape index (κ1) is 21.2. The predicted octanol–water partition coefficient (Wildman–Crippen LogP) is 3.45. The van der Waals surface area contributed by atoms with Crippen molar-refractivity contribution < 1.29 is 14.3 Å². The van der Waals surface area contributed by atoms with E-state index in [0.29, 0.717) is 29.6 Å². The van der Waals surface area contributed by atoms with Crippen LogP contribution in [0.3, 0.4) is 0 Å². The number of methoxy groups -OCH3 is 2. The summed E-state index contributed by atoms with van der Waals surface area (Å²) >= 11 is 0. The molecule has 0 aliphatic carbocycles. The normalized spacial score (nSPS) is 18.0. The highest BCUT2D eigenvalue weighted by Crippen LogP contribution is 2.42. The molecule has 0 unspecified atom stereocenters. The van der Waals surface area contributed by atoms with Crippen molar-refractivity contribution in [1.29, 1.82) is 0 Å². The lowest BCUT2D eigenvalue weighted by Gasteiger charge is -2.27. The number of benzene rings is 1. The fourth-order valence-electron chi connectivity index (χ4n) is 4.79. The molecule has 9 nitrogen and oxygen atoms in total. The summed E-state index contributed by atoms with van der Waals surface area (Å²) in [5.74, 6) is 3.16. The fraction of sp³-hybridized carbons (Fsp3) is 0.417. The zero-order valence-electron chi connectivity index (χ0n) is 19.2. The maximum atomic E-state index is 12.7. The molecule has 1 fully saturated rings. The van der Waals surface area contributed by atoms with Crippen molar-refractivity contribution in [1.82, 2.24) is 20.0 Å². The molecule has 0 radical (unpaired) electrons. The highest BCUT2D eigenvalue weighted by molar-refractivity contribution is 5.95. The van der Waals surface area contributed by atoms with Crippen molar-refractivity contribution in [3.05, 3.63) is 47.2 Å². The molecule has 1 amide bonds. The number of hydrogen-bond acceptors (Lipinski definition) is 7. The molecule has 2 aliphatic heterocycles. The maximum absolute atomic E-state index is 12.7. The van der Waals surface area contributed by atoms with Crippen molar-refractivity contribution in [3.63, 3.8) is 0 Å². The fourth-order valence-corrected chi connectivity index (χ4v) is 4.79. The van der Waals surface area contributed by atoms with E-state index < -0.39 is 0 Å². The van der Waals surface area contributed by atoms with Gasteiger partial charge in [-0.15, -0.1) is 10.2 Å². The summed E-state index contributed by atoms with van der Waals surface area (Å²) in [6.45, 7) is 3.97. The number of aryl methyl sites for hydroxylation is 1. The van der Waals surface area contributed by atoms with E-state index in [4.69, 9.17) is 14.6 Å². The van der Waals surface area contributed by atoms with Gasteiger partial charge >= 0.3 is 0 Å². The van der Waals surface area contributed by atoms with E-state index >= 15 is 0 Å². The highest BCUT2D eigenvalue weighted by Gasteiger charge is 2.33. The van der Waals surface area contributed by atoms with Crippen LogP contribution in [0.25, 0.3) is 5.82 Å². The van der Waals surface area contributed by atoms with Crippen molar-refractivity contribution in [2.45, 2.75) is 38.5 Å². The molecule has 9 heteroatoms. The third-order valence-corrected chi connectivity index (χ3v) is 6.45. The molecule has 1 aromatic carbocycles. The number of nitrogens with one attached hydrogen (secondary N) is 1. The van der Waals surface area contributed by atoms with Crippen LogP contribution in [0.4, 0.5) is 11.6 Å². The highest BCUT2D eigenvalue weighted by atomic mass is 16.5. The van der Waals surface area contributed by atoms with Crippen LogP contribution in [-0.2, 0) is 4.79 Å². The predicted molar refractivity (Wildman–Crippen MR) is 125 cm³/mol. The molecule has 33 heavy (non-hydrogen) atoms. The van der Waals surface area contributed by atoms with Crippen molar-refractivity contribution in [3.8, 4) is 17.3 Å². The second-order valence-corrected chi connectivity index (χ2v) is 8.48. The monoisotopic (exact) mass is 448 g/mol. The molecule has 1 saturated heterocycles. The minimum absolute atomic E-state index is 0.0682. The summed E-state index contributed by atoms with van der Waals surface area (Å²) in [5.41, 5.74) is 2.79. The van der Waals surface area contributed by atoms with Crippen LogP contribution in [0, 0.1) is 6.92 Å². The van der Waals surface area contributed by atoms with Crippen LogP contribution in [-0.4, -0.2) is 53.2 Å². The number of hydrogen-bond donors (Lipinski definition) is 1. The Labute approximate surface area is 192 Å². The Morgan fingerprint density at radius 1 is 0.970 bits per heavy atom. The van der Waals surface area contributed by atoms with Crippen molar-refractivity contribution >= 4 is 17.5 Å². The van der Waals surface area contributed by atoms with Gasteiger partial charge in [-0.05, 0) is 56.0 Å². The molecule has 2 aromatic heterocycles. The lowest BCUT2D eigenvalue weighted by atomic mass is 9.85. The number of aromatic nitrogens is 4. The Morgan fingerprint density at radius 2 is 1.70 bits per heavy atom. The number of piperidine rings is 1. The first-order valence-corrected chi connectivity index (χ1v) is 11.3. The minimum atomic E-state index is -0.150. The number of ether oxygens (including phenoxy) is 2. The third-order valence-electron chi connectivity index (χ3n) is 6.45. The number of amides is 1. The number of fused-ring (bicyclic) bond motifs is 1. The van der Waals surface area contributed by atoms with Crippen LogP contribution >= 0.6 is 0 Å². The van der Waals surface area contributed by atoms with Gasteiger partial charge in [-0.3, -0.25) is 4.79 Å². The lowest BCUT2D eigenvalue weighted by Crippen LogP contribution is -2.30. The van der Waals surface area contributed by atoms with E-state index in [-0.39, 0.29) is 11.8 Å². The molecule has 5 rings (SSSR count). The van der Waals surface area contributed by atoms with Gasteiger partial charge in [0.2, 0.25) is 5.91 Å². The molecule has 1 atom stereocenters. The Kier molecular flexibility index (Phi) is 5.62. The van der Waals surface area contributed by atoms with Crippen molar-refractivity contribution in [2.75, 3.05) is 37.5 Å². The number of rotatable bonds is 5. The molecular weight excluding hydrogens is 420 g/mol. The Balaban J connectivity index is 1.51. The Bertz CT molecular complexity index is 1170. The third kappa shape index (κ3) is 3.88. The summed E-state index contributed by atoms with van der Waals surface area (Å²) in [7, 11) is 3.21. The van der Waals surface area contributed by atoms with Gasteiger partial charge in [0.05, 0.1) is 19.9 Å². The number of carbonyl (C=O) groups excluding carboxylic acids is 1. The van der Waals surface area contributed by atoms with E-state index in [9.17, 15) is 4.79 Å². The average Bonchev–Trinajstić information content (AvgIpc) is 3.19. The lowest BCUT2D eigenvalue weighted by molar-refractivity contribution is -0.116. The van der Waals surface area contributed by atoms with Gasteiger partial charge in [0.15, 0.2) is 23.1 Å². The van der Waals surface area contributed by atoms with Crippen LogP contribution in [0.1, 0.15) is 48.4 Å². The van der Waals surface area contributed by atoms with Gasteiger partial charge in [0.1, 0.15) is 5.82 Å². The van der Waals surface area contributed by atoms with Gasteiger partial charge in [0.25, 0.3) is 0 Å². The molecule has 172 valence electrons. The maximum Gasteiger partial charge on any atom is 0.226 e. The van der Waals surface area contributed by atoms with Gasteiger partial charge in [0, 0.05) is 31.0 Å². The van der Waals surface area contributed by atoms with E-state index in [1.807, 2.05) is 37.3 Å². The molecule has 2 aliphatic rings. The van der Waals surface area contributed by atoms with E-state index in [2.05, 4.69) is 20.4 Å². The molecule has 3 aromatic rings. The zero-order chi connectivity index (χ0) is 22.9. The van der Waals surface area contributed by atoms with E-state index in [1.54, 1.807) is 18.9 Å². The molecule has 0 spiro atoms. The van der Waals surface area contributed by atoms with Gasteiger partial charge < -0.3 is 19.7 Å². The summed E-state index contributed by atoms with van der Waals surface area (Å²) in [5, 5.41) is 16.6. The average molecular weight is 449 g/mol.